The number of furan rings is 1. The molecule has 1 aromatic carbocycles. The van der Waals surface area contributed by atoms with Crippen molar-refractivity contribution in [3.8, 4) is 11.3 Å². The average molecular weight is 306 g/mol. The minimum absolute atomic E-state index is 0.153. The van der Waals surface area contributed by atoms with Gasteiger partial charge in [0.2, 0.25) is 0 Å². The summed E-state index contributed by atoms with van der Waals surface area (Å²) >= 11 is 6.13. The molecule has 2 aromatic rings. The molecule has 1 aromatic heterocycles. The Morgan fingerprint density at radius 3 is 2.67 bits per heavy atom. The molecule has 0 aliphatic carbocycles. The number of hydrogen-bond acceptors (Lipinski definition) is 3. The fraction of sp³-hybridized carbons (Fsp3) is 0.312. The maximum atomic E-state index is 12.2. The molecule has 5 heteroatoms. The Hall–Kier alpha value is -1.78. The summed E-state index contributed by atoms with van der Waals surface area (Å²) in [4.78, 5) is 12.2. The average Bonchev–Trinajstić information content (AvgIpc) is 2.98. The molecule has 1 N–H and O–H groups in total. The number of ether oxygens (including phenoxy) is 1. The Balaban J connectivity index is 1.72. The Kier molecular flexibility index (Phi) is 4.27. The van der Waals surface area contributed by atoms with Crippen LogP contribution in [-0.2, 0) is 4.74 Å². The first-order valence-electron chi connectivity index (χ1n) is 6.97. The highest BCUT2D eigenvalue weighted by atomic mass is 35.5. The fourth-order valence-corrected chi connectivity index (χ4v) is 2.59. The van der Waals surface area contributed by atoms with Crippen molar-refractivity contribution in [3.63, 3.8) is 0 Å². The molecule has 21 heavy (non-hydrogen) atoms. The highest BCUT2D eigenvalue weighted by molar-refractivity contribution is 6.33. The summed E-state index contributed by atoms with van der Waals surface area (Å²) in [6, 6.07) is 11.0. The smallest absolute Gasteiger partial charge is 0.287 e. The van der Waals surface area contributed by atoms with Crippen molar-refractivity contribution in [1.82, 2.24) is 5.32 Å². The zero-order valence-corrected chi connectivity index (χ0v) is 12.2. The Labute approximate surface area is 128 Å². The van der Waals surface area contributed by atoms with E-state index in [-0.39, 0.29) is 11.9 Å². The predicted octanol–water partition coefficient (Wildman–Crippen LogP) is 3.51. The number of carbonyl (C=O) groups excluding carboxylic acids is 1. The van der Waals surface area contributed by atoms with Crippen molar-refractivity contribution in [3.05, 3.63) is 47.2 Å². The minimum atomic E-state index is -0.194. The molecular weight excluding hydrogens is 290 g/mol. The molecule has 4 nitrogen and oxygen atoms in total. The van der Waals surface area contributed by atoms with Gasteiger partial charge in [0.1, 0.15) is 5.76 Å². The number of rotatable bonds is 3. The molecule has 1 aliphatic heterocycles. The van der Waals surface area contributed by atoms with Crippen molar-refractivity contribution in [1.29, 1.82) is 0 Å². The van der Waals surface area contributed by atoms with Crippen molar-refractivity contribution in [2.45, 2.75) is 18.9 Å². The summed E-state index contributed by atoms with van der Waals surface area (Å²) < 4.78 is 10.9. The third-order valence-electron chi connectivity index (χ3n) is 3.53. The van der Waals surface area contributed by atoms with E-state index in [9.17, 15) is 4.79 Å². The Morgan fingerprint density at radius 2 is 1.90 bits per heavy atom. The van der Waals surface area contributed by atoms with Gasteiger partial charge in [0.05, 0.1) is 5.02 Å². The third-order valence-corrected chi connectivity index (χ3v) is 3.86. The van der Waals surface area contributed by atoms with Crippen LogP contribution in [0, 0.1) is 0 Å². The number of amides is 1. The van der Waals surface area contributed by atoms with Gasteiger partial charge >= 0.3 is 0 Å². The first-order chi connectivity index (χ1) is 10.2. The Morgan fingerprint density at radius 1 is 1.14 bits per heavy atom. The van der Waals surface area contributed by atoms with Gasteiger partial charge in [-0.25, -0.2) is 0 Å². The van der Waals surface area contributed by atoms with Crippen LogP contribution in [0.1, 0.15) is 23.4 Å². The standard InChI is InChI=1S/C16H16ClNO3/c17-13-4-2-1-3-12(13)14-5-6-15(21-14)16(19)18-11-7-9-20-10-8-11/h1-6,11H,7-10H2,(H,18,19). The van der Waals surface area contributed by atoms with Gasteiger partial charge in [-0.15, -0.1) is 0 Å². The van der Waals surface area contributed by atoms with E-state index in [0.717, 1.165) is 18.4 Å². The zero-order chi connectivity index (χ0) is 14.7. The maximum Gasteiger partial charge on any atom is 0.287 e. The van der Waals surface area contributed by atoms with Crippen LogP contribution in [0.2, 0.25) is 5.02 Å². The molecule has 2 heterocycles. The van der Waals surface area contributed by atoms with Gasteiger partial charge in [0.25, 0.3) is 5.91 Å². The summed E-state index contributed by atoms with van der Waals surface area (Å²) in [7, 11) is 0. The lowest BCUT2D eigenvalue weighted by atomic mass is 10.1. The third kappa shape index (κ3) is 3.28. The van der Waals surface area contributed by atoms with E-state index in [1.165, 1.54) is 0 Å². The lowest BCUT2D eigenvalue weighted by Crippen LogP contribution is -2.38. The molecule has 110 valence electrons. The van der Waals surface area contributed by atoms with Gasteiger partial charge in [-0.3, -0.25) is 4.79 Å². The molecular formula is C16H16ClNO3. The summed E-state index contributed by atoms with van der Waals surface area (Å²) in [5.41, 5.74) is 0.782. The SMILES string of the molecule is O=C(NC1CCOCC1)c1ccc(-c2ccccc2Cl)o1. The van der Waals surface area contributed by atoms with Crippen molar-refractivity contribution >= 4 is 17.5 Å². The molecule has 0 unspecified atom stereocenters. The number of nitrogens with one attached hydrogen (secondary N) is 1. The summed E-state index contributed by atoms with van der Waals surface area (Å²) in [6.07, 6.45) is 1.67. The second kappa shape index (κ2) is 6.33. The van der Waals surface area contributed by atoms with Gasteiger partial charge in [-0.2, -0.15) is 0 Å². The maximum absolute atomic E-state index is 12.2. The second-order valence-corrected chi connectivity index (χ2v) is 5.41. The topological polar surface area (TPSA) is 51.5 Å². The predicted molar refractivity (Wildman–Crippen MR) is 80.5 cm³/mol. The van der Waals surface area contributed by atoms with Crippen LogP contribution in [-0.4, -0.2) is 25.2 Å². The molecule has 1 aliphatic rings. The molecule has 0 spiro atoms. The normalized spacial score (nSPS) is 15.9. The molecule has 0 radical (unpaired) electrons. The lowest BCUT2D eigenvalue weighted by molar-refractivity contribution is 0.0684. The van der Waals surface area contributed by atoms with Crippen molar-refractivity contribution < 1.29 is 13.9 Å². The highest BCUT2D eigenvalue weighted by Gasteiger charge is 2.19. The van der Waals surface area contributed by atoms with Crippen LogP contribution >= 0.6 is 11.6 Å². The van der Waals surface area contributed by atoms with E-state index in [1.807, 2.05) is 18.2 Å². The van der Waals surface area contributed by atoms with Gasteiger partial charge < -0.3 is 14.5 Å². The quantitative estimate of drug-likeness (QED) is 0.944. The van der Waals surface area contributed by atoms with Crippen LogP contribution in [0.25, 0.3) is 11.3 Å². The number of carbonyl (C=O) groups is 1. The molecule has 0 bridgehead atoms. The molecule has 0 saturated carbocycles. The highest BCUT2D eigenvalue weighted by Crippen LogP contribution is 2.29. The lowest BCUT2D eigenvalue weighted by Gasteiger charge is -2.22. The molecule has 0 atom stereocenters. The summed E-state index contributed by atoms with van der Waals surface area (Å²) in [5, 5.41) is 3.57. The van der Waals surface area contributed by atoms with E-state index in [4.69, 9.17) is 20.8 Å². The largest absolute Gasteiger partial charge is 0.451 e. The fourth-order valence-electron chi connectivity index (χ4n) is 2.36. The monoisotopic (exact) mass is 305 g/mol. The molecule has 1 amide bonds. The van der Waals surface area contributed by atoms with Crippen LogP contribution in [0.3, 0.4) is 0 Å². The van der Waals surface area contributed by atoms with Crippen molar-refractivity contribution in [2.75, 3.05) is 13.2 Å². The number of hydrogen-bond donors (Lipinski definition) is 1. The van der Waals surface area contributed by atoms with E-state index in [1.54, 1.807) is 18.2 Å². The molecule has 1 fully saturated rings. The first-order valence-corrected chi connectivity index (χ1v) is 7.35. The minimum Gasteiger partial charge on any atom is -0.451 e. The van der Waals surface area contributed by atoms with Gasteiger partial charge in [-0.05, 0) is 37.1 Å². The number of halogens is 1. The van der Waals surface area contributed by atoms with Crippen LogP contribution in [0.4, 0.5) is 0 Å². The van der Waals surface area contributed by atoms with Gasteiger partial charge in [0.15, 0.2) is 5.76 Å². The van der Waals surface area contributed by atoms with Crippen LogP contribution < -0.4 is 5.32 Å². The van der Waals surface area contributed by atoms with Crippen LogP contribution in [0.15, 0.2) is 40.8 Å². The Bertz CT molecular complexity index is 632. The summed E-state index contributed by atoms with van der Waals surface area (Å²) in [5.74, 6) is 0.703. The molecule has 3 rings (SSSR count). The number of benzene rings is 1. The van der Waals surface area contributed by atoms with E-state index in [0.29, 0.717) is 29.8 Å². The van der Waals surface area contributed by atoms with E-state index < -0.39 is 0 Å². The van der Waals surface area contributed by atoms with E-state index in [2.05, 4.69) is 5.32 Å². The first kappa shape index (κ1) is 14.2. The second-order valence-electron chi connectivity index (χ2n) is 5.00. The van der Waals surface area contributed by atoms with Crippen LogP contribution in [0.5, 0.6) is 0 Å². The summed E-state index contributed by atoms with van der Waals surface area (Å²) in [6.45, 7) is 1.38. The molecule has 1 saturated heterocycles. The van der Waals surface area contributed by atoms with Gasteiger partial charge in [-0.1, -0.05) is 23.7 Å². The van der Waals surface area contributed by atoms with Gasteiger partial charge in [0, 0.05) is 24.8 Å². The van der Waals surface area contributed by atoms with Crippen molar-refractivity contribution in [2.24, 2.45) is 0 Å². The zero-order valence-electron chi connectivity index (χ0n) is 11.5. The van der Waals surface area contributed by atoms with E-state index >= 15 is 0 Å².